The number of rotatable bonds is 7. The molecule has 1 radical (unpaired) electrons. The number of nitro groups is 2. The van der Waals surface area contributed by atoms with Crippen molar-refractivity contribution in [1.29, 1.82) is 0 Å². The molecule has 0 aliphatic rings. The van der Waals surface area contributed by atoms with Crippen molar-refractivity contribution in [2.75, 3.05) is 6.54 Å². The molecule has 1 aromatic carbocycles. The van der Waals surface area contributed by atoms with Crippen molar-refractivity contribution in [3.8, 4) is 0 Å². The molecule has 0 saturated carbocycles. The SMILES string of the molecule is O=C(NC[CH]C(F)(F)C(F)(F)C(F)(F)F)c1cc([N+](=O)[O-])cc([N+](=O)[O-])c1. The molecule has 0 fully saturated rings. The number of hydrogen-bond donors (Lipinski definition) is 1. The summed E-state index contributed by atoms with van der Waals surface area (Å²) in [6, 6.07) is 1.52. The maximum absolute atomic E-state index is 13.0. The maximum Gasteiger partial charge on any atom is 0.459 e. The fraction of sp³-hybridized carbons (Fsp3) is 0.333. The minimum absolute atomic E-state index is 0.487. The zero-order valence-corrected chi connectivity index (χ0v) is 12.6. The van der Waals surface area contributed by atoms with E-state index in [1.165, 1.54) is 5.32 Å². The highest BCUT2D eigenvalue weighted by Gasteiger charge is 2.72. The number of non-ortho nitro benzene ring substituents is 2. The molecule has 1 aromatic rings. The van der Waals surface area contributed by atoms with Crippen molar-refractivity contribution in [3.05, 3.63) is 50.4 Å². The van der Waals surface area contributed by atoms with Crippen LogP contribution in [0.15, 0.2) is 18.2 Å². The molecule has 0 saturated heterocycles. The van der Waals surface area contributed by atoms with E-state index in [4.69, 9.17) is 0 Å². The lowest BCUT2D eigenvalue weighted by atomic mass is 10.1. The van der Waals surface area contributed by atoms with E-state index >= 15 is 0 Å². The minimum Gasteiger partial charge on any atom is -0.352 e. The van der Waals surface area contributed by atoms with Gasteiger partial charge in [-0.05, 0) is 0 Å². The van der Waals surface area contributed by atoms with Gasteiger partial charge in [-0.25, -0.2) is 0 Å². The van der Waals surface area contributed by atoms with E-state index in [-0.39, 0.29) is 0 Å². The highest BCUT2D eigenvalue weighted by Crippen LogP contribution is 2.47. The van der Waals surface area contributed by atoms with Gasteiger partial charge in [0.1, 0.15) is 0 Å². The summed E-state index contributed by atoms with van der Waals surface area (Å²) in [5.74, 6) is -13.5. The molecule has 149 valence electrons. The molecule has 0 spiro atoms. The molecule has 1 rings (SSSR count). The fourth-order valence-electron chi connectivity index (χ4n) is 1.63. The van der Waals surface area contributed by atoms with Crippen LogP contribution in [0.25, 0.3) is 0 Å². The van der Waals surface area contributed by atoms with Gasteiger partial charge in [0.05, 0.1) is 27.9 Å². The first-order valence-electron chi connectivity index (χ1n) is 6.49. The average Bonchev–Trinajstić information content (AvgIpc) is 2.52. The van der Waals surface area contributed by atoms with E-state index < -0.39 is 63.7 Å². The summed E-state index contributed by atoms with van der Waals surface area (Å²) in [7, 11) is 0. The van der Waals surface area contributed by atoms with Crippen LogP contribution in [0.1, 0.15) is 10.4 Å². The van der Waals surface area contributed by atoms with E-state index in [1.807, 2.05) is 0 Å². The molecule has 0 unspecified atom stereocenters. The predicted molar refractivity (Wildman–Crippen MR) is 72.3 cm³/mol. The molecule has 1 N–H and O–H groups in total. The lowest BCUT2D eigenvalue weighted by Crippen LogP contribution is -2.53. The van der Waals surface area contributed by atoms with Gasteiger partial charge in [-0.1, -0.05) is 0 Å². The van der Waals surface area contributed by atoms with Crippen LogP contribution in [0.2, 0.25) is 0 Å². The Hall–Kier alpha value is -3.00. The number of nitrogens with one attached hydrogen (secondary N) is 1. The van der Waals surface area contributed by atoms with Crippen molar-refractivity contribution >= 4 is 17.3 Å². The van der Waals surface area contributed by atoms with Crippen LogP contribution in [-0.4, -0.2) is 40.3 Å². The molecule has 27 heavy (non-hydrogen) atoms. The molecule has 0 atom stereocenters. The highest BCUT2D eigenvalue weighted by atomic mass is 19.4. The minimum atomic E-state index is -6.56. The van der Waals surface area contributed by atoms with E-state index in [2.05, 4.69) is 0 Å². The molecule has 8 nitrogen and oxygen atoms in total. The second-order valence-corrected chi connectivity index (χ2v) is 4.86. The predicted octanol–water partition coefficient (Wildman–Crippen LogP) is 3.27. The number of nitrogens with zero attached hydrogens (tertiary/aromatic N) is 2. The van der Waals surface area contributed by atoms with Gasteiger partial charge in [-0.15, -0.1) is 0 Å². The Bertz CT molecular complexity index is 734. The molecule has 0 bridgehead atoms. The maximum atomic E-state index is 13.0. The van der Waals surface area contributed by atoms with Gasteiger partial charge in [-0.2, -0.15) is 30.7 Å². The smallest absolute Gasteiger partial charge is 0.352 e. The normalized spacial score (nSPS) is 12.6. The van der Waals surface area contributed by atoms with Crippen LogP contribution in [-0.2, 0) is 0 Å². The van der Waals surface area contributed by atoms with Gasteiger partial charge in [0.25, 0.3) is 17.3 Å². The van der Waals surface area contributed by atoms with Crippen molar-refractivity contribution < 1.29 is 45.4 Å². The lowest BCUT2D eigenvalue weighted by molar-refractivity contribution is -0.394. The number of hydrogen-bond acceptors (Lipinski definition) is 5. The average molecular weight is 406 g/mol. The number of carbonyl (C=O) groups is 1. The molecular weight excluding hydrogens is 399 g/mol. The van der Waals surface area contributed by atoms with Gasteiger partial charge in [-0.3, -0.25) is 25.0 Å². The molecular formula is C12H7F7N3O5. The van der Waals surface area contributed by atoms with Crippen molar-refractivity contribution in [1.82, 2.24) is 5.32 Å². The third kappa shape index (κ3) is 4.79. The van der Waals surface area contributed by atoms with Crippen LogP contribution < -0.4 is 5.32 Å². The van der Waals surface area contributed by atoms with Gasteiger partial charge in [0.15, 0.2) is 0 Å². The molecule has 1 amide bonds. The summed E-state index contributed by atoms with van der Waals surface area (Å²) in [4.78, 5) is 30.8. The Morgan fingerprint density at radius 1 is 0.963 bits per heavy atom. The summed E-state index contributed by atoms with van der Waals surface area (Å²) in [5, 5.41) is 22.8. The molecule has 0 aromatic heterocycles. The second-order valence-electron chi connectivity index (χ2n) is 4.86. The third-order valence-electron chi connectivity index (χ3n) is 2.98. The molecule has 0 heterocycles. The van der Waals surface area contributed by atoms with E-state index in [0.717, 1.165) is 0 Å². The number of nitro benzene ring substituents is 2. The van der Waals surface area contributed by atoms with E-state index in [1.54, 1.807) is 0 Å². The monoisotopic (exact) mass is 406 g/mol. The summed E-state index contributed by atoms with van der Waals surface area (Å²) in [6.07, 6.45) is -7.37. The second kappa shape index (κ2) is 7.32. The largest absolute Gasteiger partial charge is 0.459 e. The molecule has 0 aliphatic carbocycles. The fourth-order valence-corrected chi connectivity index (χ4v) is 1.63. The van der Waals surface area contributed by atoms with Crippen molar-refractivity contribution in [2.24, 2.45) is 0 Å². The number of alkyl halides is 7. The topological polar surface area (TPSA) is 115 Å². The van der Waals surface area contributed by atoms with Crippen LogP contribution in [0.4, 0.5) is 42.1 Å². The van der Waals surface area contributed by atoms with Gasteiger partial charge >= 0.3 is 18.0 Å². The third-order valence-corrected chi connectivity index (χ3v) is 2.98. The molecule has 15 heteroatoms. The highest BCUT2D eigenvalue weighted by molar-refractivity contribution is 5.95. The van der Waals surface area contributed by atoms with Crippen molar-refractivity contribution in [2.45, 2.75) is 18.0 Å². The number of benzene rings is 1. The Kier molecular flexibility index (Phi) is 5.97. The van der Waals surface area contributed by atoms with Crippen molar-refractivity contribution in [3.63, 3.8) is 0 Å². The lowest BCUT2D eigenvalue weighted by Gasteiger charge is -2.27. The van der Waals surface area contributed by atoms with Gasteiger partial charge in [0.2, 0.25) is 0 Å². The van der Waals surface area contributed by atoms with Crippen LogP contribution in [0.5, 0.6) is 0 Å². The Morgan fingerprint density at radius 2 is 1.41 bits per heavy atom. The van der Waals surface area contributed by atoms with Crippen LogP contribution in [0.3, 0.4) is 0 Å². The summed E-state index contributed by atoms with van der Waals surface area (Å²) >= 11 is 0. The first-order valence-corrected chi connectivity index (χ1v) is 6.49. The first-order chi connectivity index (χ1) is 12.1. The van der Waals surface area contributed by atoms with Crippen LogP contribution in [0, 0.1) is 26.6 Å². The first kappa shape index (κ1) is 22.0. The summed E-state index contributed by atoms with van der Waals surface area (Å²) in [5.41, 5.74) is -2.59. The van der Waals surface area contributed by atoms with E-state index in [9.17, 15) is 55.8 Å². The quantitative estimate of drug-likeness (QED) is 0.424. The van der Waals surface area contributed by atoms with Gasteiger partial charge < -0.3 is 5.32 Å². The van der Waals surface area contributed by atoms with Crippen LogP contribution >= 0.6 is 0 Å². The Morgan fingerprint density at radius 3 is 1.78 bits per heavy atom. The standard InChI is InChI=1S/C12H7F7N3O5/c13-10(14,11(15,16)12(17,18)19)1-2-20-9(23)6-3-7(21(24)25)5-8(4-6)22(26)27/h1,3-5H,2H2,(H,20,23). The Balaban J connectivity index is 2.92. The Labute approximate surface area is 144 Å². The number of carbonyl (C=O) groups excluding carboxylic acids is 1. The zero-order chi connectivity index (χ0) is 21.2. The summed E-state index contributed by atoms with van der Waals surface area (Å²) < 4.78 is 87.3. The number of halogens is 7. The summed E-state index contributed by atoms with van der Waals surface area (Å²) in [6.45, 7) is -1.49. The molecule has 0 aliphatic heterocycles. The van der Waals surface area contributed by atoms with Gasteiger partial charge in [0, 0.05) is 18.7 Å². The number of amides is 1. The van der Waals surface area contributed by atoms with E-state index in [0.29, 0.717) is 18.2 Å². The zero-order valence-electron chi connectivity index (χ0n) is 12.6.